The highest BCUT2D eigenvalue weighted by atomic mass is 16.3. The molecule has 26 heavy (non-hydrogen) atoms. The van der Waals surface area contributed by atoms with Crippen molar-refractivity contribution in [2.24, 2.45) is 5.92 Å². The van der Waals surface area contributed by atoms with Gasteiger partial charge in [0.1, 0.15) is 0 Å². The Morgan fingerprint density at radius 1 is 1.19 bits per heavy atom. The first kappa shape index (κ1) is 18.5. The summed E-state index contributed by atoms with van der Waals surface area (Å²) in [7, 11) is 1.96. The molecule has 2 N–H and O–H groups in total. The Balaban J connectivity index is 1.54. The van der Waals surface area contributed by atoms with Gasteiger partial charge in [0.25, 0.3) is 0 Å². The molecule has 1 aromatic carbocycles. The maximum Gasteiger partial charge on any atom is 0.234 e. The van der Waals surface area contributed by atoms with Gasteiger partial charge in [-0.05, 0) is 55.5 Å². The summed E-state index contributed by atoms with van der Waals surface area (Å²) in [5.41, 5.74) is 2.35. The monoisotopic (exact) mass is 353 g/mol. The molecule has 1 unspecified atom stereocenters. The van der Waals surface area contributed by atoms with Gasteiger partial charge < -0.3 is 10.4 Å². The predicted octanol–water partition coefficient (Wildman–Crippen LogP) is 2.01. The molecule has 0 aliphatic heterocycles. The van der Waals surface area contributed by atoms with Crippen molar-refractivity contribution in [1.29, 1.82) is 0 Å². The number of hydrogen-bond acceptors (Lipinski definition) is 4. The van der Waals surface area contributed by atoms with Gasteiger partial charge in [0.2, 0.25) is 5.91 Å². The van der Waals surface area contributed by atoms with Crippen molar-refractivity contribution < 1.29 is 9.90 Å². The minimum absolute atomic E-state index is 0.0314. The van der Waals surface area contributed by atoms with E-state index >= 15 is 0 Å². The Hall–Kier alpha value is -2.24. The van der Waals surface area contributed by atoms with Crippen LogP contribution in [0.2, 0.25) is 0 Å². The van der Waals surface area contributed by atoms with Crippen LogP contribution in [-0.4, -0.2) is 46.6 Å². The minimum Gasteiger partial charge on any atom is -0.393 e. The lowest BCUT2D eigenvalue weighted by molar-refractivity contribution is -0.123. The van der Waals surface area contributed by atoms with Crippen molar-refractivity contribution in [1.82, 2.24) is 15.2 Å². The van der Waals surface area contributed by atoms with Crippen LogP contribution >= 0.6 is 0 Å². The molecule has 0 radical (unpaired) electrons. The van der Waals surface area contributed by atoms with Crippen molar-refractivity contribution in [3.8, 4) is 0 Å². The number of amides is 1. The predicted molar refractivity (Wildman–Crippen MR) is 101 cm³/mol. The number of pyridine rings is 1. The molecule has 1 aliphatic rings. The number of carbonyl (C=O) groups is 1. The van der Waals surface area contributed by atoms with Crippen LogP contribution in [0.25, 0.3) is 0 Å². The quantitative estimate of drug-likeness (QED) is 0.762. The van der Waals surface area contributed by atoms with Crippen LogP contribution < -0.4 is 5.32 Å². The molecule has 1 heterocycles. The molecule has 0 saturated heterocycles. The maximum absolute atomic E-state index is 12.5. The molecule has 1 atom stereocenters. The zero-order chi connectivity index (χ0) is 18.4. The van der Waals surface area contributed by atoms with E-state index in [1.807, 2.05) is 42.3 Å². The second kappa shape index (κ2) is 8.92. The maximum atomic E-state index is 12.5. The van der Waals surface area contributed by atoms with E-state index in [-0.39, 0.29) is 18.1 Å². The molecule has 1 fully saturated rings. The first-order chi connectivity index (χ1) is 12.6. The third kappa shape index (κ3) is 5.38. The molecule has 3 rings (SSSR count). The van der Waals surface area contributed by atoms with E-state index in [0.29, 0.717) is 12.5 Å². The summed E-state index contributed by atoms with van der Waals surface area (Å²) in [5.74, 6) is 0.366. The van der Waals surface area contributed by atoms with Gasteiger partial charge in [0.15, 0.2) is 0 Å². The van der Waals surface area contributed by atoms with E-state index in [1.165, 1.54) is 5.56 Å². The molecule has 1 aromatic heterocycles. The van der Waals surface area contributed by atoms with E-state index < -0.39 is 0 Å². The molecular formula is C21H27N3O2. The third-order valence-corrected chi connectivity index (χ3v) is 4.98. The number of nitrogens with zero attached hydrogens (tertiary/aromatic N) is 2. The summed E-state index contributed by atoms with van der Waals surface area (Å²) in [4.78, 5) is 18.6. The molecular weight excluding hydrogens is 326 g/mol. The molecule has 0 bridgehead atoms. The third-order valence-electron chi connectivity index (χ3n) is 4.98. The van der Waals surface area contributed by atoms with E-state index in [0.717, 1.165) is 31.4 Å². The van der Waals surface area contributed by atoms with E-state index in [4.69, 9.17) is 0 Å². The molecule has 5 nitrogen and oxygen atoms in total. The first-order valence-corrected chi connectivity index (χ1v) is 9.19. The van der Waals surface area contributed by atoms with Gasteiger partial charge in [0, 0.05) is 25.0 Å². The Morgan fingerprint density at radius 3 is 2.54 bits per heavy atom. The van der Waals surface area contributed by atoms with Crippen molar-refractivity contribution in [3.63, 3.8) is 0 Å². The molecule has 1 saturated carbocycles. The summed E-state index contributed by atoms with van der Waals surface area (Å²) >= 11 is 0. The van der Waals surface area contributed by atoms with Crippen LogP contribution in [-0.2, 0) is 17.8 Å². The number of hydrogen-bond donors (Lipinski definition) is 2. The van der Waals surface area contributed by atoms with Crippen molar-refractivity contribution in [2.45, 2.75) is 38.0 Å². The van der Waals surface area contributed by atoms with Gasteiger partial charge in [-0.15, -0.1) is 0 Å². The number of aliphatic hydroxyl groups excluding tert-OH is 1. The Morgan fingerprint density at radius 2 is 1.88 bits per heavy atom. The molecule has 1 amide bonds. The number of aromatic nitrogens is 1. The molecule has 5 heteroatoms. The summed E-state index contributed by atoms with van der Waals surface area (Å²) in [6, 6.07) is 14.2. The topological polar surface area (TPSA) is 65.5 Å². The highest BCUT2D eigenvalue weighted by Gasteiger charge is 2.34. The molecule has 0 spiro atoms. The Kier molecular flexibility index (Phi) is 6.36. The fourth-order valence-corrected chi connectivity index (χ4v) is 3.52. The number of likely N-dealkylation sites (N-methyl/N-ethyl adjacent to an activating group) is 1. The summed E-state index contributed by atoms with van der Waals surface area (Å²) in [5, 5.41) is 12.8. The molecule has 2 aromatic rings. The summed E-state index contributed by atoms with van der Waals surface area (Å²) in [6.45, 7) is 1.10. The lowest BCUT2D eigenvalue weighted by Crippen LogP contribution is -2.50. The lowest BCUT2D eigenvalue weighted by atomic mass is 9.75. The number of aliphatic hydroxyl groups is 1. The van der Waals surface area contributed by atoms with Crippen molar-refractivity contribution >= 4 is 5.91 Å². The second-order valence-electron chi connectivity index (χ2n) is 7.28. The van der Waals surface area contributed by atoms with E-state index in [2.05, 4.69) is 22.4 Å². The van der Waals surface area contributed by atoms with E-state index in [1.54, 1.807) is 12.4 Å². The first-order valence-electron chi connectivity index (χ1n) is 9.19. The largest absolute Gasteiger partial charge is 0.393 e. The molecule has 138 valence electrons. The van der Waals surface area contributed by atoms with Crippen LogP contribution in [0.3, 0.4) is 0 Å². The van der Waals surface area contributed by atoms with Crippen molar-refractivity contribution in [2.75, 3.05) is 13.6 Å². The Labute approximate surface area is 155 Å². The average Bonchev–Trinajstić information content (AvgIpc) is 2.60. The second-order valence-corrected chi connectivity index (χ2v) is 7.28. The van der Waals surface area contributed by atoms with Crippen LogP contribution in [0.4, 0.5) is 0 Å². The number of rotatable bonds is 8. The normalized spacial score (nSPS) is 20.4. The van der Waals surface area contributed by atoms with Gasteiger partial charge >= 0.3 is 0 Å². The van der Waals surface area contributed by atoms with Gasteiger partial charge in [-0.1, -0.05) is 30.3 Å². The smallest absolute Gasteiger partial charge is 0.234 e. The minimum atomic E-state index is -0.224. The fraction of sp³-hybridized carbons (Fsp3) is 0.429. The van der Waals surface area contributed by atoms with Crippen LogP contribution in [0, 0.1) is 5.92 Å². The number of nitrogens with one attached hydrogen (secondary N) is 1. The van der Waals surface area contributed by atoms with Crippen molar-refractivity contribution in [3.05, 3.63) is 66.0 Å². The van der Waals surface area contributed by atoms with Gasteiger partial charge in [-0.2, -0.15) is 0 Å². The highest BCUT2D eigenvalue weighted by molar-refractivity contribution is 5.78. The zero-order valence-electron chi connectivity index (χ0n) is 15.2. The zero-order valence-corrected chi connectivity index (χ0v) is 15.2. The lowest BCUT2D eigenvalue weighted by Gasteiger charge is -2.38. The van der Waals surface area contributed by atoms with E-state index in [9.17, 15) is 9.90 Å². The summed E-state index contributed by atoms with van der Waals surface area (Å²) < 4.78 is 0. The van der Waals surface area contributed by atoms with Crippen LogP contribution in [0.15, 0.2) is 54.9 Å². The number of carbonyl (C=O) groups excluding carboxylic acids is 1. The van der Waals surface area contributed by atoms with Gasteiger partial charge in [-0.3, -0.25) is 14.7 Å². The average molecular weight is 353 g/mol. The highest BCUT2D eigenvalue weighted by Crippen LogP contribution is 2.31. The summed E-state index contributed by atoms with van der Waals surface area (Å²) in [6.07, 6.45) is 5.62. The SMILES string of the molecule is CN(CC(=O)NC(Cc1ccncc1)C1CC(O)C1)Cc1ccccc1. The molecule has 1 aliphatic carbocycles. The standard InChI is InChI=1S/C21H27N3O2/c1-24(14-17-5-3-2-4-6-17)15-21(26)23-20(18-12-19(25)13-18)11-16-7-9-22-10-8-16/h2-10,18-20,25H,11-15H2,1H3,(H,23,26). The fourth-order valence-electron chi connectivity index (χ4n) is 3.52. The van der Waals surface area contributed by atoms with Crippen LogP contribution in [0.1, 0.15) is 24.0 Å². The van der Waals surface area contributed by atoms with Gasteiger partial charge in [-0.25, -0.2) is 0 Å². The Bertz CT molecular complexity index is 687. The van der Waals surface area contributed by atoms with Gasteiger partial charge in [0.05, 0.1) is 12.6 Å². The number of benzene rings is 1. The van der Waals surface area contributed by atoms with Crippen LogP contribution in [0.5, 0.6) is 0 Å².